The monoisotopic (exact) mass is 274 g/mol. The lowest BCUT2D eigenvalue weighted by Crippen LogP contribution is -2.06. The van der Waals surface area contributed by atoms with E-state index >= 15 is 0 Å². The van der Waals surface area contributed by atoms with E-state index in [1.54, 1.807) is 23.9 Å². The molecule has 0 spiro atoms. The van der Waals surface area contributed by atoms with Gasteiger partial charge in [-0.05, 0) is 29.8 Å². The topological polar surface area (TPSA) is 35.5 Å². The van der Waals surface area contributed by atoms with Crippen molar-refractivity contribution in [2.75, 3.05) is 7.11 Å². The van der Waals surface area contributed by atoms with Gasteiger partial charge in [-0.2, -0.15) is 0 Å². The van der Waals surface area contributed by atoms with Crippen LogP contribution in [0.25, 0.3) is 0 Å². The summed E-state index contributed by atoms with van der Waals surface area (Å²) in [6.45, 7) is 0. The Morgan fingerprint density at radius 1 is 1.05 bits per heavy atom. The van der Waals surface area contributed by atoms with Crippen LogP contribution in [0.5, 0.6) is 5.75 Å². The fourth-order valence-electron chi connectivity index (χ4n) is 1.48. The van der Waals surface area contributed by atoms with Gasteiger partial charge in [-0.25, -0.2) is 4.79 Å². The third-order valence-corrected chi connectivity index (χ3v) is 3.52. The van der Waals surface area contributed by atoms with E-state index < -0.39 is 6.16 Å². The Morgan fingerprint density at radius 3 is 2.37 bits per heavy atom. The van der Waals surface area contributed by atoms with Crippen LogP contribution in [0, 0.1) is 0 Å². The molecule has 0 heterocycles. The number of hydrogen-bond acceptors (Lipinski definition) is 4. The van der Waals surface area contributed by atoms with Crippen molar-refractivity contribution in [2.24, 2.45) is 0 Å². The Labute approximate surface area is 116 Å². The molecule has 19 heavy (non-hydrogen) atoms. The van der Waals surface area contributed by atoms with Crippen LogP contribution in [0.1, 0.15) is 5.56 Å². The third-order valence-electron chi connectivity index (χ3n) is 2.44. The van der Waals surface area contributed by atoms with Gasteiger partial charge in [0.1, 0.15) is 5.75 Å². The molecule has 0 atom stereocenters. The van der Waals surface area contributed by atoms with E-state index in [0.717, 1.165) is 10.6 Å². The molecule has 2 aromatic carbocycles. The van der Waals surface area contributed by atoms with Crippen LogP contribution in [-0.4, -0.2) is 13.3 Å². The lowest BCUT2D eigenvalue weighted by atomic mass is 10.2. The van der Waals surface area contributed by atoms with Crippen molar-refractivity contribution in [3.63, 3.8) is 0 Å². The van der Waals surface area contributed by atoms with Gasteiger partial charge in [0.2, 0.25) is 0 Å². The van der Waals surface area contributed by atoms with Gasteiger partial charge in [-0.3, -0.25) is 0 Å². The molecule has 0 radical (unpaired) electrons. The van der Waals surface area contributed by atoms with Crippen LogP contribution < -0.4 is 4.74 Å². The van der Waals surface area contributed by atoms with Crippen molar-refractivity contribution < 1.29 is 14.3 Å². The molecule has 0 amide bonds. The minimum atomic E-state index is -0.704. The first-order chi connectivity index (χ1) is 9.28. The van der Waals surface area contributed by atoms with Crippen LogP contribution in [0.2, 0.25) is 0 Å². The van der Waals surface area contributed by atoms with Crippen molar-refractivity contribution in [1.29, 1.82) is 0 Å². The summed E-state index contributed by atoms with van der Waals surface area (Å²) in [5.41, 5.74) is 1.28. The number of benzene rings is 2. The van der Waals surface area contributed by atoms with E-state index in [9.17, 15) is 4.79 Å². The molecule has 0 bridgehead atoms. The molecule has 0 fully saturated rings. The van der Waals surface area contributed by atoms with Crippen LogP contribution >= 0.6 is 11.8 Å². The molecule has 0 saturated heterocycles. The molecule has 2 rings (SSSR count). The van der Waals surface area contributed by atoms with Crippen molar-refractivity contribution in [3.8, 4) is 5.75 Å². The van der Waals surface area contributed by atoms with Crippen LogP contribution in [0.15, 0.2) is 59.5 Å². The largest absolute Gasteiger partial charge is 0.513 e. The SMILES string of the molecule is COC(=O)Oc1ccc(SCc2ccccc2)cc1. The van der Waals surface area contributed by atoms with E-state index in [4.69, 9.17) is 4.74 Å². The molecular weight excluding hydrogens is 260 g/mol. The molecule has 0 aliphatic carbocycles. The molecule has 0 N–H and O–H groups in total. The van der Waals surface area contributed by atoms with Crippen molar-refractivity contribution >= 4 is 17.9 Å². The second-order valence-electron chi connectivity index (χ2n) is 3.80. The minimum absolute atomic E-state index is 0.482. The summed E-state index contributed by atoms with van der Waals surface area (Å²) >= 11 is 1.74. The lowest BCUT2D eigenvalue weighted by molar-refractivity contribution is 0.121. The molecule has 4 heteroatoms. The second kappa shape index (κ2) is 6.85. The molecule has 2 aromatic rings. The van der Waals surface area contributed by atoms with Gasteiger partial charge in [0.25, 0.3) is 0 Å². The van der Waals surface area contributed by atoms with Crippen LogP contribution in [0.3, 0.4) is 0 Å². The van der Waals surface area contributed by atoms with E-state index in [0.29, 0.717) is 5.75 Å². The molecule has 98 valence electrons. The van der Waals surface area contributed by atoms with E-state index in [1.807, 2.05) is 30.3 Å². The lowest BCUT2D eigenvalue weighted by Gasteiger charge is -2.04. The Kier molecular flexibility index (Phi) is 4.86. The van der Waals surface area contributed by atoms with Gasteiger partial charge in [-0.1, -0.05) is 30.3 Å². The van der Waals surface area contributed by atoms with Crippen molar-refractivity contribution in [2.45, 2.75) is 10.6 Å². The molecule has 0 aromatic heterocycles. The quantitative estimate of drug-likeness (QED) is 0.477. The standard InChI is InChI=1S/C15H14O3S/c1-17-15(16)18-13-7-9-14(10-8-13)19-11-12-5-3-2-4-6-12/h2-10H,11H2,1H3. The maximum atomic E-state index is 10.9. The van der Waals surface area contributed by atoms with Crippen LogP contribution in [0.4, 0.5) is 4.79 Å². The number of thioether (sulfide) groups is 1. The molecule has 3 nitrogen and oxygen atoms in total. The first-order valence-corrected chi connectivity index (χ1v) is 6.79. The summed E-state index contributed by atoms with van der Waals surface area (Å²) in [5.74, 6) is 1.40. The highest BCUT2D eigenvalue weighted by Gasteiger charge is 2.03. The zero-order valence-corrected chi connectivity index (χ0v) is 11.4. The Hall–Kier alpha value is -1.94. The summed E-state index contributed by atoms with van der Waals surface area (Å²) in [6.07, 6.45) is -0.704. The summed E-state index contributed by atoms with van der Waals surface area (Å²) in [4.78, 5) is 12.1. The maximum Gasteiger partial charge on any atom is 0.513 e. The van der Waals surface area contributed by atoms with Crippen LogP contribution in [-0.2, 0) is 10.5 Å². The summed E-state index contributed by atoms with van der Waals surface area (Å²) in [6, 6.07) is 17.6. The van der Waals surface area contributed by atoms with E-state index in [1.165, 1.54) is 12.7 Å². The molecule has 0 aliphatic heterocycles. The Morgan fingerprint density at radius 2 is 1.74 bits per heavy atom. The average Bonchev–Trinajstić information content (AvgIpc) is 2.47. The highest BCUT2D eigenvalue weighted by molar-refractivity contribution is 7.98. The highest BCUT2D eigenvalue weighted by atomic mass is 32.2. The van der Waals surface area contributed by atoms with Gasteiger partial charge in [-0.15, -0.1) is 11.8 Å². The highest BCUT2D eigenvalue weighted by Crippen LogP contribution is 2.24. The molecule has 0 unspecified atom stereocenters. The third kappa shape index (κ3) is 4.34. The predicted octanol–water partition coefficient (Wildman–Crippen LogP) is 4.12. The summed E-state index contributed by atoms with van der Waals surface area (Å²) < 4.78 is 9.33. The van der Waals surface area contributed by atoms with Gasteiger partial charge < -0.3 is 9.47 Å². The number of methoxy groups -OCH3 is 1. The Balaban J connectivity index is 1.90. The van der Waals surface area contributed by atoms with Gasteiger partial charge in [0.05, 0.1) is 7.11 Å². The Bertz CT molecular complexity index is 523. The summed E-state index contributed by atoms with van der Waals surface area (Å²) in [7, 11) is 1.28. The first-order valence-electron chi connectivity index (χ1n) is 5.80. The van der Waals surface area contributed by atoms with Crippen molar-refractivity contribution in [3.05, 3.63) is 60.2 Å². The van der Waals surface area contributed by atoms with Gasteiger partial charge in [0, 0.05) is 10.6 Å². The maximum absolute atomic E-state index is 10.9. The van der Waals surface area contributed by atoms with E-state index in [2.05, 4.69) is 16.9 Å². The zero-order valence-electron chi connectivity index (χ0n) is 10.5. The van der Waals surface area contributed by atoms with Gasteiger partial charge >= 0.3 is 6.16 Å². The van der Waals surface area contributed by atoms with Gasteiger partial charge in [0.15, 0.2) is 0 Å². The molecular formula is C15H14O3S. The minimum Gasteiger partial charge on any atom is -0.437 e. The zero-order chi connectivity index (χ0) is 13.5. The fraction of sp³-hybridized carbons (Fsp3) is 0.133. The molecule has 0 saturated carbocycles. The van der Waals surface area contributed by atoms with Crippen molar-refractivity contribution in [1.82, 2.24) is 0 Å². The summed E-state index contributed by atoms with van der Waals surface area (Å²) in [5, 5.41) is 0. The molecule has 0 aliphatic rings. The van der Waals surface area contributed by atoms with E-state index in [-0.39, 0.29) is 0 Å². The number of ether oxygens (including phenoxy) is 2. The smallest absolute Gasteiger partial charge is 0.437 e. The second-order valence-corrected chi connectivity index (χ2v) is 4.85. The predicted molar refractivity (Wildman–Crippen MR) is 75.5 cm³/mol. The number of carbonyl (C=O) groups is 1. The number of rotatable bonds is 4. The number of carbonyl (C=O) groups excluding carboxylic acids is 1. The normalized spacial score (nSPS) is 9.95. The number of hydrogen-bond donors (Lipinski definition) is 0. The fourth-order valence-corrected chi connectivity index (χ4v) is 2.34. The average molecular weight is 274 g/mol. The first kappa shape index (κ1) is 13.5.